The molecule has 0 amide bonds. The van der Waals surface area contributed by atoms with E-state index in [9.17, 15) is 28.1 Å². The van der Waals surface area contributed by atoms with E-state index in [0.29, 0.717) is 24.1 Å². The number of aldehydes is 1. The number of anilines is 1. The van der Waals surface area contributed by atoms with Gasteiger partial charge in [0.2, 0.25) is 0 Å². The minimum Gasteiger partial charge on any atom is -0.346 e. The maximum Gasteiger partial charge on any atom is 0.416 e. The Balaban J connectivity index is 1.77. The zero-order valence-corrected chi connectivity index (χ0v) is 14.8. The highest BCUT2D eigenvalue weighted by molar-refractivity contribution is 5.69. The number of hydrogen-bond donors (Lipinski definition) is 0. The molecule has 6 nitrogen and oxygen atoms in total. The summed E-state index contributed by atoms with van der Waals surface area (Å²) in [7, 11) is 0. The molecule has 2 aromatic rings. The van der Waals surface area contributed by atoms with Crippen molar-refractivity contribution >= 4 is 17.7 Å². The highest BCUT2D eigenvalue weighted by atomic mass is 19.4. The summed E-state index contributed by atoms with van der Waals surface area (Å²) in [6, 6.07) is 9.25. The maximum atomic E-state index is 12.7. The van der Waals surface area contributed by atoms with E-state index in [4.69, 9.17) is 0 Å². The first-order chi connectivity index (χ1) is 13.2. The Hall–Kier alpha value is -3.36. The molecule has 0 saturated heterocycles. The zero-order valence-electron chi connectivity index (χ0n) is 14.8. The third-order valence-electron chi connectivity index (χ3n) is 4.48. The molecule has 0 fully saturated rings. The van der Waals surface area contributed by atoms with E-state index in [0.717, 1.165) is 17.7 Å². The number of aryl methyl sites for hydroxylation is 1. The second-order valence-corrected chi connectivity index (χ2v) is 6.35. The first-order valence-electron chi connectivity index (χ1n) is 8.29. The number of nitro benzene ring substituents is 1. The number of carbonyl (C=O) groups excluding carboxylic acids is 1. The number of rotatable bonds is 5. The summed E-state index contributed by atoms with van der Waals surface area (Å²) >= 11 is 0. The zero-order chi connectivity index (χ0) is 20.5. The molecular weight excluding hydrogens is 375 g/mol. The fourth-order valence-corrected chi connectivity index (χ4v) is 3.08. The molecule has 3 rings (SSSR count). The number of alkyl halides is 3. The number of nitrogens with zero attached hydrogens (tertiary/aromatic N) is 3. The smallest absolute Gasteiger partial charge is 0.346 e. The number of halogens is 3. The Morgan fingerprint density at radius 1 is 1.14 bits per heavy atom. The fraction of sp³-hybridized carbons (Fsp3) is 0.211. The van der Waals surface area contributed by atoms with Crippen molar-refractivity contribution in [2.24, 2.45) is 0 Å². The summed E-state index contributed by atoms with van der Waals surface area (Å²) in [6.45, 7) is 1.95. The van der Waals surface area contributed by atoms with Gasteiger partial charge in [0.05, 0.1) is 10.5 Å². The first kappa shape index (κ1) is 19.4. The lowest BCUT2D eigenvalue weighted by Crippen LogP contribution is -2.39. The molecule has 9 heteroatoms. The van der Waals surface area contributed by atoms with Crippen LogP contribution in [0.4, 0.5) is 24.5 Å². The van der Waals surface area contributed by atoms with Crippen LogP contribution >= 0.6 is 0 Å². The summed E-state index contributed by atoms with van der Waals surface area (Å²) < 4.78 is 38.2. The largest absolute Gasteiger partial charge is 0.416 e. The van der Waals surface area contributed by atoms with Crippen molar-refractivity contribution in [3.63, 3.8) is 0 Å². The van der Waals surface area contributed by atoms with Gasteiger partial charge in [-0.2, -0.15) is 13.2 Å². The summed E-state index contributed by atoms with van der Waals surface area (Å²) in [5.41, 5.74) is 0.977. The molecule has 2 aromatic carbocycles. The van der Waals surface area contributed by atoms with E-state index >= 15 is 0 Å². The van der Waals surface area contributed by atoms with Crippen LogP contribution in [0.1, 0.15) is 16.7 Å². The van der Waals surface area contributed by atoms with Gasteiger partial charge < -0.3 is 9.80 Å². The minimum atomic E-state index is -4.43. The van der Waals surface area contributed by atoms with E-state index in [1.54, 1.807) is 41.3 Å². The van der Waals surface area contributed by atoms with Gasteiger partial charge in [-0.1, -0.05) is 6.07 Å². The van der Waals surface area contributed by atoms with Crippen molar-refractivity contribution in [3.05, 3.63) is 81.7 Å². The Kier molecular flexibility index (Phi) is 5.08. The molecule has 1 heterocycles. The molecule has 0 N–H and O–H groups in total. The minimum absolute atomic E-state index is 0.0130. The molecule has 0 spiro atoms. The third-order valence-corrected chi connectivity index (χ3v) is 4.48. The van der Waals surface area contributed by atoms with E-state index < -0.39 is 22.8 Å². The van der Waals surface area contributed by atoms with Crippen LogP contribution in [-0.2, 0) is 17.5 Å². The average molecular weight is 391 g/mol. The lowest BCUT2D eigenvalue weighted by molar-refractivity contribution is -0.385. The van der Waals surface area contributed by atoms with Crippen LogP contribution in [-0.4, -0.2) is 22.3 Å². The molecule has 0 saturated carbocycles. The van der Waals surface area contributed by atoms with Crippen molar-refractivity contribution in [2.45, 2.75) is 25.8 Å². The van der Waals surface area contributed by atoms with Crippen molar-refractivity contribution in [1.29, 1.82) is 0 Å². The van der Waals surface area contributed by atoms with Crippen LogP contribution in [0.25, 0.3) is 0 Å². The maximum absolute atomic E-state index is 12.7. The molecule has 1 atom stereocenters. The highest BCUT2D eigenvalue weighted by Crippen LogP contribution is 2.32. The summed E-state index contributed by atoms with van der Waals surface area (Å²) in [5.74, 6) is 0. The van der Waals surface area contributed by atoms with Gasteiger partial charge in [0.15, 0.2) is 12.5 Å². The molecule has 0 aliphatic carbocycles. The van der Waals surface area contributed by atoms with Crippen LogP contribution in [0.15, 0.2) is 54.9 Å². The lowest BCUT2D eigenvalue weighted by Gasteiger charge is -2.28. The van der Waals surface area contributed by atoms with Gasteiger partial charge >= 0.3 is 6.18 Å². The van der Waals surface area contributed by atoms with Gasteiger partial charge in [-0.25, -0.2) is 0 Å². The van der Waals surface area contributed by atoms with Gasteiger partial charge in [0.25, 0.3) is 5.69 Å². The van der Waals surface area contributed by atoms with Gasteiger partial charge in [-0.05, 0) is 42.8 Å². The van der Waals surface area contributed by atoms with Crippen LogP contribution in [0.2, 0.25) is 0 Å². The van der Waals surface area contributed by atoms with E-state index in [2.05, 4.69) is 0 Å². The van der Waals surface area contributed by atoms with Gasteiger partial charge in [-0.15, -0.1) is 0 Å². The van der Waals surface area contributed by atoms with Gasteiger partial charge in [-0.3, -0.25) is 14.9 Å². The number of carbonyl (C=O) groups is 1. The monoisotopic (exact) mass is 391 g/mol. The lowest BCUT2D eigenvalue weighted by atomic mass is 10.1. The Labute approximate surface area is 158 Å². The predicted molar refractivity (Wildman–Crippen MR) is 96.3 cm³/mol. The topological polar surface area (TPSA) is 66.7 Å². The van der Waals surface area contributed by atoms with Crippen molar-refractivity contribution < 1.29 is 22.9 Å². The second kappa shape index (κ2) is 7.34. The molecule has 1 unspecified atom stereocenters. The van der Waals surface area contributed by atoms with E-state index in [1.807, 2.05) is 0 Å². The quantitative estimate of drug-likeness (QED) is 0.433. The van der Waals surface area contributed by atoms with Crippen LogP contribution in [0.5, 0.6) is 0 Å². The Morgan fingerprint density at radius 2 is 1.82 bits per heavy atom. The first-order valence-corrected chi connectivity index (χ1v) is 8.29. The predicted octanol–water partition coefficient (Wildman–Crippen LogP) is 4.24. The van der Waals surface area contributed by atoms with Crippen LogP contribution < -0.4 is 4.90 Å². The standard InChI is InChI=1S/C19H16F3N3O3/c1-13-10-14(2-7-17(13)25(27)28)11-23-8-9-24(18(23)12-26)16-5-3-15(4-6-16)19(20,21)22/h2-10,12,18H,11H2,1H3. The highest BCUT2D eigenvalue weighted by Gasteiger charge is 2.31. The number of nitro groups is 1. The second-order valence-electron chi connectivity index (χ2n) is 6.35. The average Bonchev–Trinajstić information content (AvgIpc) is 3.03. The molecule has 0 radical (unpaired) electrons. The Bertz CT molecular complexity index is 926. The summed E-state index contributed by atoms with van der Waals surface area (Å²) in [5, 5.41) is 10.9. The molecule has 1 aliphatic rings. The van der Waals surface area contributed by atoms with Crippen molar-refractivity contribution in [2.75, 3.05) is 4.90 Å². The number of hydrogen-bond acceptors (Lipinski definition) is 5. The molecule has 28 heavy (non-hydrogen) atoms. The fourth-order valence-electron chi connectivity index (χ4n) is 3.08. The van der Waals surface area contributed by atoms with Crippen LogP contribution in [0, 0.1) is 17.0 Å². The molecule has 146 valence electrons. The van der Waals surface area contributed by atoms with E-state index in [-0.39, 0.29) is 5.69 Å². The number of benzene rings is 2. The van der Waals surface area contributed by atoms with Crippen molar-refractivity contribution in [3.8, 4) is 0 Å². The summed E-state index contributed by atoms with van der Waals surface area (Å²) in [4.78, 5) is 25.4. The third kappa shape index (κ3) is 3.83. The SMILES string of the molecule is Cc1cc(CN2C=CN(c3ccc(C(F)(F)F)cc3)C2C=O)ccc1[N+](=O)[O-]. The molecule has 0 aromatic heterocycles. The molecular formula is C19H16F3N3O3. The van der Waals surface area contributed by atoms with E-state index in [1.165, 1.54) is 18.2 Å². The van der Waals surface area contributed by atoms with Crippen LogP contribution in [0.3, 0.4) is 0 Å². The molecule has 1 aliphatic heterocycles. The Morgan fingerprint density at radius 3 is 2.36 bits per heavy atom. The normalized spacial score (nSPS) is 16.5. The van der Waals surface area contributed by atoms with Gasteiger partial charge in [0.1, 0.15) is 0 Å². The van der Waals surface area contributed by atoms with Crippen molar-refractivity contribution in [1.82, 2.24) is 4.90 Å². The van der Waals surface area contributed by atoms with Gasteiger partial charge in [0, 0.05) is 36.3 Å². The molecule has 0 bridgehead atoms. The summed E-state index contributed by atoms with van der Waals surface area (Å²) in [6.07, 6.45) is -1.20.